The monoisotopic (exact) mass is 271 g/mol. The summed E-state index contributed by atoms with van der Waals surface area (Å²) in [6, 6.07) is -0.366. The molecule has 0 bridgehead atoms. The lowest BCUT2D eigenvalue weighted by Crippen LogP contribution is -2.32. The zero-order valence-electron chi connectivity index (χ0n) is 6.16. The van der Waals surface area contributed by atoms with E-state index >= 15 is 0 Å². The molecule has 0 saturated carbocycles. The van der Waals surface area contributed by atoms with Crippen LogP contribution in [0.15, 0.2) is 0 Å². The van der Waals surface area contributed by atoms with E-state index in [1.807, 2.05) is 23.0 Å². The Bertz CT molecular complexity index is 164. The molecular weight excluding hydrogens is 261 g/mol. The van der Waals surface area contributed by atoms with Gasteiger partial charge in [-0.25, -0.2) is 0 Å². The molecule has 0 amide bonds. The van der Waals surface area contributed by atoms with Gasteiger partial charge >= 0.3 is 5.97 Å². The van der Waals surface area contributed by atoms with Crippen molar-refractivity contribution in [3.8, 4) is 0 Å². The summed E-state index contributed by atoms with van der Waals surface area (Å²) in [6.45, 7) is 0.708. The summed E-state index contributed by atoms with van der Waals surface area (Å²) in [4.78, 5) is 12.4. The molecular formula is C6H10INO3. The summed E-state index contributed by atoms with van der Waals surface area (Å²) in [5, 5.41) is 8.70. The average molecular weight is 271 g/mol. The molecule has 5 heteroatoms. The van der Waals surface area contributed by atoms with E-state index in [2.05, 4.69) is 0 Å². The van der Waals surface area contributed by atoms with E-state index in [0.29, 0.717) is 13.0 Å². The summed E-state index contributed by atoms with van der Waals surface area (Å²) in [6.07, 6.45) is 0.663. The van der Waals surface area contributed by atoms with Gasteiger partial charge in [0.15, 0.2) is 0 Å². The highest BCUT2D eigenvalue weighted by Crippen LogP contribution is 2.20. The minimum Gasteiger partial charge on any atom is -0.480 e. The number of carboxylic acids is 1. The van der Waals surface area contributed by atoms with Crippen molar-refractivity contribution in [2.75, 3.05) is 13.6 Å². The molecule has 1 heterocycles. The minimum absolute atomic E-state index is 0.0710. The number of carboxylic acid groups (broad SMARTS) is 1. The number of rotatable bonds is 2. The van der Waals surface area contributed by atoms with Gasteiger partial charge < -0.3 is 8.17 Å². The summed E-state index contributed by atoms with van der Waals surface area (Å²) < 4.78 is 5.03. The number of hydrogen-bond donors (Lipinski definition) is 1. The second kappa shape index (κ2) is 3.68. The molecule has 4 nitrogen and oxygen atoms in total. The maximum atomic E-state index is 10.6. The lowest BCUT2D eigenvalue weighted by atomic mass is 10.2. The first-order valence-corrected chi connectivity index (χ1v) is 4.23. The molecule has 1 fully saturated rings. The molecule has 0 aromatic carbocycles. The van der Waals surface area contributed by atoms with E-state index in [0.717, 1.165) is 0 Å². The minimum atomic E-state index is -0.761. The van der Waals surface area contributed by atoms with Gasteiger partial charge in [-0.2, -0.15) is 0 Å². The molecule has 1 saturated heterocycles. The lowest BCUT2D eigenvalue weighted by Gasteiger charge is -2.12. The van der Waals surface area contributed by atoms with E-state index in [9.17, 15) is 4.79 Å². The van der Waals surface area contributed by atoms with Crippen molar-refractivity contribution >= 4 is 29.0 Å². The van der Waals surface area contributed by atoms with E-state index in [1.54, 1.807) is 11.9 Å². The van der Waals surface area contributed by atoms with Crippen LogP contribution < -0.4 is 0 Å². The highest BCUT2D eigenvalue weighted by molar-refractivity contribution is 14.1. The van der Waals surface area contributed by atoms with Crippen LogP contribution in [0, 0.1) is 0 Å². The quantitative estimate of drug-likeness (QED) is 0.743. The molecule has 0 spiro atoms. The van der Waals surface area contributed by atoms with Gasteiger partial charge in [0.25, 0.3) is 0 Å². The second-order valence-electron chi connectivity index (χ2n) is 2.74. The first kappa shape index (κ1) is 9.21. The van der Waals surface area contributed by atoms with E-state index < -0.39 is 5.97 Å². The fourth-order valence-electron chi connectivity index (χ4n) is 1.31. The van der Waals surface area contributed by atoms with E-state index in [1.165, 1.54) is 0 Å². The largest absolute Gasteiger partial charge is 0.480 e. The Balaban J connectivity index is 2.51. The third-order valence-corrected chi connectivity index (χ3v) is 2.64. The molecule has 1 aliphatic rings. The topological polar surface area (TPSA) is 49.8 Å². The van der Waals surface area contributed by atoms with E-state index in [-0.39, 0.29) is 12.1 Å². The van der Waals surface area contributed by atoms with Crippen molar-refractivity contribution in [2.24, 2.45) is 0 Å². The molecule has 0 aromatic heterocycles. The first-order valence-electron chi connectivity index (χ1n) is 3.35. The number of halogens is 1. The Morgan fingerprint density at radius 2 is 2.45 bits per heavy atom. The Morgan fingerprint density at radius 3 is 2.73 bits per heavy atom. The van der Waals surface area contributed by atoms with Crippen LogP contribution in [0.4, 0.5) is 0 Å². The molecule has 11 heavy (non-hydrogen) atoms. The van der Waals surface area contributed by atoms with Crippen LogP contribution in [0.25, 0.3) is 0 Å². The lowest BCUT2D eigenvalue weighted by molar-refractivity contribution is -0.141. The van der Waals surface area contributed by atoms with Gasteiger partial charge in [-0.05, 0) is 7.05 Å². The average Bonchev–Trinajstić information content (AvgIpc) is 2.30. The molecule has 64 valence electrons. The fourth-order valence-corrected chi connectivity index (χ4v) is 1.67. The van der Waals surface area contributed by atoms with Gasteiger partial charge in [-0.1, -0.05) is 0 Å². The van der Waals surface area contributed by atoms with Crippen LogP contribution in [0.2, 0.25) is 0 Å². The number of aliphatic carboxylic acids is 1. The second-order valence-corrected chi connectivity index (χ2v) is 3.25. The number of likely N-dealkylation sites (tertiary alicyclic amines) is 1. The Labute approximate surface area is 79.2 Å². The normalized spacial score (nSPS) is 32.5. The maximum absolute atomic E-state index is 10.6. The number of nitrogens with zero attached hydrogens (tertiary/aromatic N) is 1. The summed E-state index contributed by atoms with van der Waals surface area (Å²) in [7, 11) is 1.80. The molecule has 0 radical (unpaired) electrons. The van der Waals surface area contributed by atoms with Gasteiger partial charge in [0.05, 0.1) is 6.10 Å². The van der Waals surface area contributed by atoms with Crippen LogP contribution in [-0.4, -0.2) is 41.7 Å². The third kappa shape index (κ3) is 2.03. The zero-order valence-corrected chi connectivity index (χ0v) is 8.32. The molecule has 0 unspecified atom stereocenters. The standard InChI is InChI=1S/C6H10INO3/c1-8-3-4(11-7)2-5(8)6(9)10/h4-5H,2-3H2,1H3,(H,9,10)/t4-,5+/m0/s1. The van der Waals surface area contributed by atoms with Crippen molar-refractivity contribution in [2.45, 2.75) is 18.6 Å². The van der Waals surface area contributed by atoms with Crippen LogP contribution in [0.3, 0.4) is 0 Å². The molecule has 1 N–H and O–H groups in total. The smallest absolute Gasteiger partial charge is 0.321 e. The Kier molecular flexibility index (Phi) is 3.08. The zero-order chi connectivity index (χ0) is 8.43. The van der Waals surface area contributed by atoms with Gasteiger partial charge in [-0.3, -0.25) is 9.69 Å². The number of likely N-dealkylation sites (N-methyl/N-ethyl adjacent to an activating group) is 1. The summed E-state index contributed by atoms with van der Waals surface area (Å²) >= 11 is 1.81. The SMILES string of the molecule is CN1C[C@@H](OI)C[C@@H]1C(=O)O. The van der Waals surface area contributed by atoms with Gasteiger partial charge in [0.1, 0.15) is 29.0 Å². The molecule has 0 aromatic rings. The van der Waals surface area contributed by atoms with Gasteiger partial charge in [0.2, 0.25) is 0 Å². The van der Waals surface area contributed by atoms with Crippen molar-refractivity contribution in [1.82, 2.24) is 4.90 Å². The maximum Gasteiger partial charge on any atom is 0.321 e. The predicted molar refractivity (Wildman–Crippen MR) is 47.6 cm³/mol. The molecule has 0 aliphatic carbocycles. The van der Waals surface area contributed by atoms with Crippen LogP contribution in [-0.2, 0) is 7.86 Å². The van der Waals surface area contributed by atoms with Crippen LogP contribution >= 0.6 is 23.0 Å². The molecule has 1 aliphatic heterocycles. The van der Waals surface area contributed by atoms with Crippen LogP contribution in [0.1, 0.15) is 6.42 Å². The van der Waals surface area contributed by atoms with E-state index in [4.69, 9.17) is 8.17 Å². The van der Waals surface area contributed by atoms with Crippen LogP contribution in [0.5, 0.6) is 0 Å². The van der Waals surface area contributed by atoms with Gasteiger partial charge in [0, 0.05) is 13.0 Å². The fraction of sp³-hybridized carbons (Fsp3) is 0.833. The third-order valence-electron chi connectivity index (χ3n) is 1.92. The van der Waals surface area contributed by atoms with Crippen molar-refractivity contribution < 1.29 is 13.0 Å². The summed E-state index contributed by atoms with van der Waals surface area (Å²) in [5.41, 5.74) is 0. The van der Waals surface area contributed by atoms with Crippen molar-refractivity contribution in [1.29, 1.82) is 0 Å². The first-order chi connectivity index (χ1) is 5.15. The van der Waals surface area contributed by atoms with Crippen molar-refractivity contribution in [3.63, 3.8) is 0 Å². The number of carbonyl (C=O) groups is 1. The highest BCUT2D eigenvalue weighted by Gasteiger charge is 2.34. The highest BCUT2D eigenvalue weighted by atomic mass is 127. The summed E-state index contributed by atoms with van der Waals surface area (Å²) in [5.74, 6) is -0.761. The van der Waals surface area contributed by atoms with Gasteiger partial charge in [-0.15, -0.1) is 0 Å². The van der Waals surface area contributed by atoms with Crippen molar-refractivity contribution in [3.05, 3.63) is 0 Å². The Morgan fingerprint density at radius 1 is 1.82 bits per heavy atom. The Hall–Kier alpha value is 0.120. The predicted octanol–water partition coefficient (Wildman–Crippen LogP) is 0.510. The molecule has 1 rings (SSSR count). The molecule has 2 atom stereocenters. The number of hydrogen-bond acceptors (Lipinski definition) is 3.